The number of hydrogen-bond acceptors (Lipinski definition) is 4. The number of carboxylic acids is 1. The van der Waals surface area contributed by atoms with Crippen molar-refractivity contribution in [3.63, 3.8) is 0 Å². The maximum absolute atomic E-state index is 11.2. The van der Waals surface area contributed by atoms with Crippen LogP contribution in [0.15, 0.2) is 73.1 Å². The lowest BCUT2D eigenvalue weighted by atomic mass is 10.1. The van der Waals surface area contributed by atoms with Gasteiger partial charge < -0.3 is 14.4 Å². The molecule has 0 spiro atoms. The second-order valence-electron chi connectivity index (χ2n) is 6.47. The van der Waals surface area contributed by atoms with Crippen LogP contribution in [0.4, 0.5) is 0 Å². The Bertz CT molecular complexity index is 1240. The van der Waals surface area contributed by atoms with E-state index in [9.17, 15) is 10.1 Å². The van der Waals surface area contributed by atoms with E-state index < -0.39 is 5.97 Å². The van der Waals surface area contributed by atoms with Crippen LogP contribution in [-0.4, -0.2) is 27.2 Å². The van der Waals surface area contributed by atoms with E-state index in [0.717, 1.165) is 5.52 Å². The smallest absolute Gasteiger partial charge is 0.335 e. The Balaban J connectivity index is 1.51. The Morgan fingerprint density at radius 3 is 2.83 bits per heavy atom. The molecule has 29 heavy (non-hydrogen) atoms. The van der Waals surface area contributed by atoms with Gasteiger partial charge in [0.05, 0.1) is 23.4 Å². The van der Waals surface area contributed by atoms with Gasteiger partial charge in [-0.05, 0) is 47.9 Å². The molecule has 2 aromatic carbocycles. The average molecular weight is 383 g/mol. The molecule has 2 heterocycles. The van der Waals surface area contributed by atoms with Crippen LogP contribution in [-0.2, 0) is 6.54 Å². The zero-order valence-electron chi connectivity index (χ0n) is 15.4. The van der Waals surface area contributed by atoms with E-state index in [-0.39, 0.29) is 5.56 Å². The Kier molecular flexibility index (Phi) is 4.95. The summed E-state index contributed by atoms with van der Waals surface area (Å²) in [6.07, 6.45) is 3.46. The van der Waals surface area contributed by atoms with Gasteiger partial charge in [-0.3, -0.25) is 4.98 Å². The first-order valence-corrected chi connectivity index (χ1v) is 9.06. The summed E-state index contributed by atoms with van der Waals surface area (Å²) in [4.78, 5) is 15.4. The van der Waals surface area contributed by atoms with Crippen LogP contribution in [0.3, 0.4) is 0 Å². The van der Waals surface area contributed by atoms with Crippen LogP contribution in [0.5, 0.6) is 5.75 Å². The molecule has 4 rings (SSSR count). The summed E-state index contributed by atoms with van der Waals surface area (Å²) in [5.74, 6) is -0.534. The summed E-state index contributed by atoms with van der Waals surface area (Å²) < 4.78 is 7.95. The summed E-state index contributed by atoms with van der Waals surface area (Å²) >= 11 is 0. The lowest BCUT2D eigenvalue weighted by Crippen LogP contribution is -2.08. The largest absolute Gasteiger partial charge is 0.490 e. The first kappa shape index (κ1) is 18.3. The molecule has 0 saturated heterocycles. The van der Waals surface area contributed by atoms with Crippen molar-refractivity contribution in [3.8, 4) is 23.1 Å². The summed E-state index contributed by atoms with van der Waals surface area (Å²) in [5.41, 5.74) is 2.81. The van der Waals surface area contributed by atoms with Crippen molar-refractivity contribution < 1.29 is 14.6 Å². The van der Waals surface area contributed by atoms with E-state index in [1.807, 2.05) is 18.3 Å². The maximum Gasteiger partial charge on any atom is 0.335 e. The molecule has 0 fully saturated rings. The number of carboxylic acid groups (broad SMARTS) is 1. The maximum atomic E-state index is 11.2. The lowest BCUT2D eigenvalue weighted by Gasteiger charge is -2.11. The number of carbonyl (C=O) groups is 1. The Morgan fingerprint density at radius 2 is 2.00 bits per heavy atom. The van der Waals surface area contributed by atoms with E-state index in [0.29, 0.717) is 35.7 Å². The fourth-order valence-corrected chi connectivity index (χ4v) is 3.21. The van der Waals surface area contributed by atoms with Crippen LogP contribution in [0.25, 0.3) is 22.2 Å². The second-order valence-corrected chi connectivity index (χ2v) is 6.47. The van der Waals surface area contributed by atoms with Crippen molar-refractivity contribution in [3.05, 3.63) is 84.2 Å². The van der Waals surface area contributed by atoms with E-state index in [1.165, 1.54) is 23.7 Å². The highest BCUT2D eigenvalue weighted by atomic mass is 16.5. The molecule has 0 bridgehead atoms. The van der Waals surface area contributed by atoms with Gasteiger partial charge in [0, 0.05) is 23.5 Å². The fraction of sp³-hybridized carbons (Fsp3) is 0.0870. The third kappa shape index (κ3) is 3.80. The highest BCUT2D eigenvalue weighted by Crippen LogP contribution is 2.26. The van der Waals surface area contributed by atoms with Crippen LogP contribution < -0.4 is 4.74 Å². The number of ether oxygens (including phenoxy) is 1. The highest BCUT2D eigenvalue weighted by Gasteiger charge is 2.10. The zero-order valence-corrected chi connectivity index (χ0v) is 15.4. The number of fused-ring (bicyclic) bond motifs is 1. The third-order valence-electron chi connectivity index (χ3n) is 4.67. The number of benzene rings is 2. The van der Waals surface area contributed by atoms with Gasteiger partial charge in [-0.1, -0.05) is 18.2 Å². The molecule has 6 heteroatoms. The molecule has 0 aliphatic carbocycles. The Labute approximate surface area is 167 Å². The summed E-state index contributed by atoms with van der Waals surface area (Å²) in [5, 5.41) is 19.8. The van der Waals surface area contributed by atoms with Gasteiger partial charge in [-0.2, -0.15) is 5.26 Å². The molecule has 0 radical (unpaired) electrons. The van der Waals surface area contributed by atoms with Crippen molar-refractivity contribution in [2.45, 2.75) is 6.54 Å². The minimum Gasteiger partial charge on any atom is -0.490 e. The van der Waals surface area contributed by atoms with Crippen molar-refractivity contribution in [2.24, 2.45) is 0 Å². The first-order valence-electron chi connectivity index (χ1n) is 9.06. The van der Waals surface area contributed by atoms with Gasteiger partial charge in [0.15, 0.2) is 0 Å². The molecular formula is C23H17N3O3. The monoisotopic (exact) mass is 383 g/mol. The zero-order chi connectivity index (χ0) is 20.2. The summed E-state index contributed by atoms with van der Waals surface area (Å²) in [6, 6.07) is 20.4. The van der Waals surface area contributed by atoms with Crippen molar-refractivity contribution in [1.29, 1.82) is 5.26 Å². The lowest BCUT2D eigenvalue weighted by molar-refractivity contribution is 0.0697. The average Bonchev–Trinajstić information content (AvgIpc) is 3.17. The molecule has 0 unspecified atom stereocenters. The van der Waals surface area contributed by atoms with Gasteiger partial charge in [0.2, 0.25) is 0 Å². The fourth-order valence-electron chi connectivity index (χ4n) is 3.21. The number of rotatable bonds is 6. The molecule has 0 saturated carbocycles. The van der Waals surface area contributed by atoms with Gasteiger partial charge in [0.25, 0.3) is 0 Å². The van der Waals surface area contributed by atoms with Crippen molar-refractivity contribution >= 4 is 16.9 Å². The molecule has 6 nitrogen and oxygen atoms in total. The SMILES string of the molecule is N#Cc1cc(-c2cc(C(=O)O)ccn2)ccc1OCCn1ccc2ccccc21. The van der Waals surface area contributed by atoms with Crippen molar-refractivity contribution in [1.82, 2.24) is 9.55 Å². The quantitative estimate of drug-likeness (QED) is 0.535. The predicted molar refractivity (Wildman–Crippen MR) is 109 cm³/mol. The molecule has 1 N–H and O–H groups in total. The summed E-state index contributed by atoms with van der Waals surface area (Å²) in [7, 11) is 0. The number of aromatic nitrogens is 2. The number of nitrogens with zero attached hydrogens (tertiary/aromatic N) is 3. The van der Waals surface area contributed by atoms with E-state index in [4.69, 9.17) is 9.84 Å². The molecule has 0 aliphatic heterocycles. The molecular weight excluding hydrogens is 366 g/mol. The van der Waals surface area contributed by atoms with E-state index in [1.54, 1.807) is 18.2 Å². The van der Waals surface area contributed by atoms with Crippen LogP contribution in [0, 0.1) is 11.3 Å². The number of pyridine rings is 1. The molecule has 0 amide bonds. The third-order valence-corrected chi connectivity index (χ3v) is 4.67. The van der Waals surface area contributed by atoms with E-state index in [2.05, 4.69) is 33.8 Å². The van der Waals surface area contributed by atoms with Crippen LogP contribution in [0.1, 0.15) is 15.9 Å². The number of para-hydroxylation sites is 1. The minimum atomic E-state index is -1.02. The van der Waals surface area contributed by atoms with Crippen LogP contribution in [0.2, 0.25) is 0 Å². The predicted octanol–water partition coefficient (Wildman–Crippen LogP) is 4.35. The van der Waals surface area contributed by atoms with Gasteiger partial charge in [-0.15, -0.1) is 0 Å². The normalized spacial score (nSPS) is 10.6. The van der Waals surface area contributed by atoms with Crippen LogP contribution >= 0.6 is 0 Å². The Morgan fingerprint density at radius 1 is 1.14 bits per heavy atom. The van der Waals surface area contributed by atoms with E-state index >= 15 is 0 Å². The standard InChI is InChI=1S/C23H17N3O3/c24-15-19-13-17(20-14-18(23(27)28)7-9-25-20)5-6-22(19)29-12-11-26-10-8-16-3-1-2-4-21(16)26/h1-10,13-14H,11-12H2,(H,27,28). The number of hydrogen-bond donors (Lipinski definition) is 1. The summed E-state index contributed by atoms with van der Waals surface area (Å²) in [6.45, 7) is 1.07. The number of aromatic carboxylic acids is 1. The molecule has 4 aromatic rings. The van der Waals surface area contributed by atoms with Gasteiger partial charge in [-0.25, -0.2) is 4.79 Å². The highest BCUT2D eigenvalue weighted by molar-refractivity contribution is 5.88. The molecule has 142 valence electrons. The van der Waals surface area contributed by atoms with Crippen molar-refractivity contribution in [2.75, 3.05) is 6.61 Å². The second kappa shape index (κ2) is 7.87. The molecule has 0 aliphatic rings. The van der Waals surface area contributed by atoms with Gasteiger partial charge >= 0.3 is 5.97 Å². The van der Waals surface area contributed by atoms with Gasteiger partial charge in [0.1, 0.15) is 18.4 Å². The minimum absolute atomic E-state index is 0.146. The molecule has 2 aromatic heterocycles. The Hall–Kier alpha value is -4.11. The number of nitriles is 1. The first-order chi connectivity index (χ1) is 14.2. The topological polar surface area (TPSA) is 88.1 Å². The molecule has 0 atom stereocenters.